The topological polar surface area (TPSA) is 3.24 Å². The van der Waals surface area contributed by atoms with E-state index in [1.165, 1.54) is 21.9 Å². The van der Waals surface area contributed by atoms with Crippen LogP contribution in [0.25, 0.3) is 22.5 Å². The van der Waals surface area contributed by atoms with Crippen molar-refractivity contribution >= 4 is 22.5 Å². The quantitative estimate of drug-likeness (QED) is 0.547. The average molecular weight is 287 g/mol. The number of fused-ring (bicyclic) bond motifs is 1. The van der Waals surface area contributed by atoms with Crippen LogP contribution in [-0.2, 0) is 0 Å². The summed E-state index contributed by atoms with van der Waals surface area (Å²) in [4.78, 5) is 2.35. The molecule has 0 atom stereocenters. The summed E-state index contributed by atoms with van der Waals surface area (Å²) >= 11 is 0. The SMILES string of the molecule is C=C/C=C/c1ccc(C(=C)N2CC=CCC2)c2ccccc12. The van der Waals surface area contributed by atoms with Crippen molar-refractivity contribution in [2.75, 3.05) is 13.1 Å². The fourth-order valence-corrected chi connectivity index (χ4v) is 2.95. The van der Waals surface area contributed by atoms with E-state index in [4.69, 9.17) is 0 Å². The lowest BCUT2D eigenvalue weighted by Gasteiger charge is -2.28. The maximum atomic E-state index is 4.35. The van der Waals surface area contributed by atoms with Crippen molar-refractivity contribution in [3.8, 4) is 0 Å². The zero-order valence-corrected chi connectivity index (χ0v) is 12.8. The molecule has 1 aliphatic rings. The number of benzene rings is 2. The minimum absolute atomic E-state index is 0.950. The minimum Gasteiger partial charge on any atom is -0.367 e. The van der Waals surface area contributed by atoms with E-state index in [0.29, 0.717) is 0 Å². The Morgan fingerprint density at radius 1 is 1.05 bits per heavy atom. The summed E-state index contributed by atoms with van der Waals surface area (Å²) in [5, 5.41) is 2.51. The number of rotatable bonds is 4. The van der Waals surface area contributed by atoms with Crippen LogP contribution in [0.3, 0.4) is 0 Å². The number of nitrogens with zero attached hydrogens (tertiary/aromatic N) is 1. The predicted molar refractivity (Wildman–Crippen MR) is 97.5 cm³/mol. The van der Waals surface area contributed by atoms with Gasteiger partial charge in [-0.25, -0.2) is 0 Å². The molecule has 0 N–H and O–H groups in total. The average Bonchev–Trinajstić information content (AvgIpc) is 2.60. The van der Waals surface area contributed by atoms with Gasteiger partial charge in [-0.15, -0.1) is 0 Å². The molecule has 3 rings (SSSR count). The Bertz CT molecular complexity index is 765. The molecule has 0 saturated carbocycles. The molecule has 0 aliphatic carbocycles. The van der Waals surface area contributed by atoms with Gasteiger partial charge in [0.2, 0.25) is 0 Å². The highest BCUT2D eigenvalue weighted by Gasteiger charge is 2.13. The number of hydrogen-bond donors (Lipinski definition) is 0. The van der Waals surface area contributed by atoms with Crippen LogP contribution in [0.2, 0.25) is 0 Å². The molecule has 1 aliphatic heterocycles. The summed E-state index contributed by atoms with van der Waals surface area (Å²) in [6.07, 6.45) is 11.4. The van der Waals surface area contributed by atoms with Crippen molar-refractivity contribution in [2.45, 2.75) is 6.42 Å². The zero-order valence-electron chi connectivity index (χ0n) is 12.8. The van der Waals surface area contributed by atoms with Crippen LogP contribution < -0.4 is 0 Å². The summed E-state index contributed by atoms with van der Waals surface area (Å²) in [5.74, 6) is 0. The summed E-state index contributed by atoms with van der Waals surface area (Å²) in [5.41, 5.74) is 3.55. The third-order valence-electron chi connectivity index (χ3n) is 4.12. The van der Waals surface area contributed by atoms with Gasteiger partial charge in [-0.1, -0.05) is 79.9 Å². The molecule has 2 aromatic rings. The monoisotopic (exact) mass is 287 g/mol. The Morgan fingerprint density at radius 2 is 1.86 bits per heavy atom. The molecule has 1 nitrogen and oxygen atoms in total. The van der Waals surface area contributed by atoms with E-state index in [1.54, 1.807) is 0 Å². The third-order valence-corrected chi connectivity index (χ3v) is 4.12. The fourth-order valence-electron chi connectivity index (χ4n) is 2.95. The molecule has 1 heteroatoms. The fraction of sp³-hybridized carbons (Fsp3) is 0.143. The smallest absolute Gasteiger partial charge is 0.0376 e. The molecule has 0 unspecified atom stereocenters. The third kappa shape index (κ3) is 2.75. The van der Waals surface area contributed by atoms with Gasteiger partial charge < -0.3 is 4.90 Å². The molecule has 0 radical (unpaired) electrons. The van der Waals surface area contributed by atoms with Crippen LogP contribution >= 0.6 is 0 Å². The molecule has 0 amide bonds. The largest absolute Gasteiger partial charge is 0.367 e. The van der Waals surface area contributed by atoms with Gasteiger partial charge >= 0.3 is 0 Å². The molecule has 0 fully saturated rings. The van der Waals surface area contributed by atoms with Crippen LogP contribution in [0, 0.1) is 0 Å². The molecule has 2 aromatic carbocycles. The second kappa shape index (κ2) is 6.48. The predicted octanol–water partition coefficient (Wildman–Crippen LogP) is 5.27. The van der Waals surface area contributed by atoms with Crippen molar-refractivity contribution in [3.63, 3.8) is 0 Å². The second-order valence-electron chi connectivity index (χ2n) is 5.50. The zero-order chi connectivity index (χ0) is 15.4. The van der Waals surface area contributed by atoms with Crippen molar-refractivity contribution in [2.24, 2.45) is 0 Å². The summed E-state index contributed by atoms with van der Waals surface area (Å²) in [7, 11) is 0. The maximum Gasteiger partial charge on any atom is 0.0376 e. The van der Waals surface area contributed by atoms with Gasteiger partial charge in [0.25, 0.3) is 0 Å². The van der Waals surface area contributed by atoms with Gasteiger partial charge in [0, 0.05) is 24.4 Å². The molecule has 110 valence electrons. The molecule has 0 aromatic heterocycles. The van der Waals surface area contributed by atoms with Gasteiger partial charge in [0.1, 0.15) is 0 Å². The maximum absolute atomic E-state index is 4.35. The van der Waals surface area contributed by atoms with E-state index in [2.05, 4.69) is 72.7 Å². The standard InChI is InChI=1S/C21H21N/c1-3-4-10-18-13-14-19(21-12-7-6-11-20(18)21)17(2)22-15-8-5-9-16-22/h3-8,10-14H,1-2,9,15-16H2/b10-4+. The van der Waals surface area contributed by atoms with Crippen molar-refractivity contribution < 1.29 is 0 Å². The molecular formula is C21H21N. The molecule has 0 spiro atoms. The van der Waals surface area contributed by atoms with Gasteiger partial charge in [-0.2, -0.15) is 0 Å². The summed E-state index contributed by atoms with van der Waals surface area (Å²) in [6, 6.07) is 12.9. The van der Waals surface area contributed by atoms with E-state index >= 15 is 0 Å². The Balaban J connectivity index is 2.07. The lowest BCUT2D eigenvalue weighted by molar-refractivity contribution is 0.433. The molecular weight excluding hydrogens is 266 g/mol. The van der Waals surface area contributed by atoms with Crippen molar-refractivity contribution in [1.82, 2.24) is 4.90 Å². The molecule has 0 saturated heterocycles. The Labute approximate surface area is 132 Å². The number of allylic oxidation sites excluding steroid dienone is 2. The lowest BCUT2D eigenvalue weighted by Crippen LogP contribution is -2.25. The first-order valence-corrected chi connectivity index (χ1v) is 7.71. The van der Waals surface area contributed by atoms with Crippen LogP contribution in [-0.4, -0.2) is 18.0 Å². The van der Waals surface area contributed by atoms with E-state index in [0.717, 1.165) is 25.2 Å². The normalized spacial score (nSPS) is 14.6. The van der Waals surface area contributed by atoms with Gasteiger partial charge in [0.15, 0.2) is 0 Å². The highest BCUT2D eigenvalue weighted by atomic mass is 15.1. The van der Waals surface area contributed by atoms with E-state index < -0.39 is 0 Å². The highest BCUT2D eigenvalue weighted by Crippen LogP contribution is 2.30. The van der Waals surface area contributed by atoms with E-state index in [1.807, 2.05) is 12.2 Å². The molecule has 22 heavy (non-hydrogen) atoms. The first-order valence-electron chi connectivity index (χ1n) is 7.71. The van der Waals surface area contributed by atoms with Crippen LogP contribution in [0.15, 0.2) is 73.9 Å². The number of hydrogen-bond acceptors (Lipinski definition) is 1. The van der Waals surface area contributed by atoms with Crippen LogP contribution in [0.4, 0.5) is 0 Å². The Kier molecular flexibility index (Phi) is 4.24. The first kappa shape index (κ1) is 14.4. The van der Waals surface area contributed by atoms with Gasteiger partial charge in [-0.05, 0) is 22.8 Å². The Hall–Kier alpha value is -2.54. The van der Waals surface area contributed by atoms with E-state index in [-0.39, 0.29) is 0 Å². The van der Waals surface area contributed by atoms with Crippen LogP contribution in [0.1, 0.15) is 17.5 Å². The van der Waals surface area contributed by atoms with Gasteiger partial charge in [0.05, 0.1) is 0 Å². The van der Waals surface area contributed by atoms with E-state index in [9.17, 15) is 0 Å². The van der Waals surface area contributed by atoms with Crippen molar-refractivity contribution in [3.05, 3.63) is 85.0 Å². The highest BCUT2D eigenvalue weighted by molar-refractivity contribution is 5.98. The van der Waals surface area contributed by atoms with Crippen LogP contribution in [0.5, 0.6) is 0 Å². The summed E-state index contributed by atoms with van der Waals surface area (Å²) in [6.45, 7) is 10.1. The Morgan fingerprint density at radius 3 is 2.59 bits per heavy atom. The summed E-state index contributed by atoms with van der Waals surface area (Å²) < 4.78 is 0. The first-order chi connectivity index (χ1) is 10.8. The van der Waals surface area contributed by atoms with Gasteiger partial charge in [-0.3, -0.25) is 0 Å². The lowest BCUT2D eigenvalue weighted by atomic mass is 9.97. The van der Waals surface area contributed by atoms with Crippen molar-refractivity contribution in [1.29, 1.82) is 0 Å². The molecule has 0 bridgehead atoms. The second-order valence-corrected chi connectivity index (χ2v) is 5.50. The molecule has 1 heterocycles. The minimum atomic E-state index is 0.950.